The summed E-state index contributed by atoms with van der Waals surface area (Å²) in [4.78, 5) is 0. The first-order chi connectivity index (χ1) is 9.24. The fourth-order valence-corrected chi connectivity index (χ4v) is 2.99. The van der Waals surface area contributed by atoms with Crippen LogP contribution >= 0.6 is 24.8 Å². The van der Waals surface area contributed by atoms with Crippen molar-refractivity contribution in [2.75, 3.05) is 0 Å². The Hall–Kier alpha value is -1.90. The fraction of sp³-hybridized carbons (Fsp3) is 0.0588. The van der Waals surface area contributed by atoms with Crippen LogP contribution in [0.2, 0.25) is 0 Å². The molecule has 0 aliphatic heterocycles. The van der Waals surface area contributed by atoms with E-state index in [1.165, 1.54) is 32.3 Å². The molecule has 2 aliphatic carbocycles. The van der Waals surface area contributed by atoms with Crippen molar-refractivity contribution in [3.05, 3.63) is 63.3 Å². The molecule has 0 fully saturated rings. The monoisotopic (exact) mass is 318 g/mol. The van der Waals surface area contributed by atoms with Gasteiger partial charge < -0.3 is 11.5 Å². The molecule has 0 saturated heterocycles. The molecule has 108 valence electrons. The Morgan fingerprint density at radius 2 is 1.57 bits per heavy atom. The van der Waals surface area contributed by atoms with E-state index in [9.17, 15) is 0 Å². The summed E-state index contributed by atoms with van der Waals surface area (Å²) in [6, 6.07) is 8.69. The first kappa shape index (κ1) is 15.5. The van der Waals surface area contributed by atoms with Gasteiger partial charge in [-0.1, -0.05) is 42.5 Å². The van der Waals surface area contributed by atoms with Gasteiger partial charge in [-0.3, -0.25) is 0 Å². The Balaban J connectivity index is 0.000000807. The standard InChI is InChI=1S/C17H14N2.2ClH/c18-16-8-11-5-7-13-12-3-1-2-10(12)4-6-14(13)15(11)9-17(16)19;;/h1-8H,9,18-19H2;2*1H. The summed E-state index contributed by atoms with van der Waals surface area (Å²) in [7, 11) is 0. The minimum Gasteiger partial charge on any atom is -0.400 e. The van der Waals surface area contributed by atoms with Crippen molar-refractivity contribution >= 4 is 53.8 Å². The maximum atomic E-state index is 6.00. The SMILES string of the molecule is Cl.Cl.NC1=C(N)Cc2c(ccc3c4c(ccc23)=CC=C4)=C1. The molecule has 0 unspecified atom stereocenters. The van der Waals surface area contributed by atoms with Crippen molar-refractivity contribution in [1.82, 2.24) is 0 Å². The molecular formula is C17H16Cl2N2. The molecule has 0 aromatic heterocycles. The summed E-state index contributed by atoms with van der Waals surface area (Å²) in [6.07, 6.45) is 9.13. The number of fused-ring (bicyclic) bond motifs is 5. The second-order valence-electron chi connectivity index (χ2n) is 5.12. The summed E-state index contributed by atoms with van der Waals surface area (Å²) in [5.41, 5.74) is 16.0. The molecule has 2 aromatic carbocycles. The van der Waals surface area contributed by atoms with Gasteiger partial charge in [-0.05, 0) is 38.4 Å². The van der Waals surface area contributed by atoms with E-state index in [1.807, 2.05) is 6.08 Å². The van der Waals surface area contributed by atoms with E-state index in [0.29, 0.717) is 5.70 Å². The highest BCUT2D eigenvalue weighted by atomic mass is 35.5. The van der Waals surface area contributed by atoms with Gasteiger partial charge in [0.05, 0.1) is 5.70 Å². The third-order valence-electron chi connectivity index (χ3n) is 4.01. The molecule has 0 heterocycles. The third kappa shape index (κ3) is 2.21. The van der Waals surface area contributed by atoms with Crippen LogP contribution in [0, 0.1) is 0 Å². The molecule has 4 heteroatoms. The molecule has 21 heavy (non-hydrogen) atoms. The number of hydrogen-bond donors (Lipinski definition) is 2. The van der Waals surface area contributed by atoms with E-state index in [1.54, 1.807) is 0 Å². The molecule has 2 aliphatic rings. The second kappa shape index (κ2) is 5.47. The predicted molar refractivity (Wildman–Crippen MR) is 94.8 cm³/mol. The van der Waals surface area contributed by atoms with Crippen molar-refractivity contribution in [2.45, 2.75) is 6.42 Å². The number of halogens is 2. The molecule has 0 atom stereocenters. The maximum Gasteiger partial charge on any atom is 0.0514 e. The highest BCUT2D eigenvalue weighted by Gasteiger charge is 2.13. The summed E-state index contributed by atoms with van der Waals surface area (Å²) in [5, 5.41) is 5.05. The first-order valence-electron chi connectivity index (χ1n) is 6.43. The van der Waals surface area contributed by atoms with Gasteiger partial charge in [0.25, 0.3) is 0 Å². The van der Waals surface area contributed by atoms with Crippen LogP contribution in [0.5, 0.6) is 0 Å². The average Bonchev–Trinajstić information content (AvgIpc) is 2.88. The zero-order valence-corrected chi connectivity index (χ0v) is 12.9. The molecule has 0 radical (unpaired) electrons. The van der Waals surface area contributed by atoms with Gasteiger partial charge >= 0.3 is 0 Å². The normalized spacial score (nSPS) is 14.5. The van der Waals surface area contributed by atoms with Crippen LogP contribution in [0.1, 0.15) is 11.1 Å². The molecule has 0 bridgehead atoms. The summed E-state index contributed by atoms with van der Waals surface area (Å²) < 4.78 is 0. The highest BCUT2D eigenvalue weighted by Crippen LogP contribution is 2.23. The van der Waals surface area contributed by atoms with Gasteiger partial charge in [0.2, 0.25) is 0 Å². The van der Waals surface area contributed by atoms with Crippen LogP contribution in [0.15, 0.2) is 41.7 Å². The molecule has 0 saturated carbocycles. The number of nitrogens with two attached hydrogens (primary N) is 2. The van der Waals surface area contributed by atoms with Crippen LogP contribution < -0.4 is 21.9 Å². The minimum absolute atomic E-state index is 0. The number of hydrogen-bond acceptors (Lipinski definition) is 2. The fourth-order valence-electron chi connectivity index (χ4n) is 2.99. The molecule has 2 aromatic rings. The van der Waals surface area contributed by atoms with E-state index in [-0.39, 0.29) is 24.8 Å². The smallest absolute Gasteiger partial charge is 0.0514 e. The number of allylic oxidation sites excluding steroid dienone is 3. The zero-order chi connectivity index (χ0) is 13.0. The quantitative estimate of drug-likeness (QED) is 0.780. The molecule has 4 rings (SSSR count). The molecule has 0 spiro atoms. The maximum absolute atomic E-state index is 6.00. The van der Waals surface area contributed by atoms with E-state index in [2.05, 4.69) is 42.5 Å². The van der Waals surface area contributed by atoms with Crippen molar-refractivity contribution in [3.63, 3.8) is 0 Å². The lowest BCUT2D eigenvalue weighted by Gasteiger charge is -2.15. The largest absolute Gasteiger partial charge is 0.400 e. The van der Waals surface area contributed by atoms with Crippen LogP contribution in [-0.4, -0.2) is 0 Å². The van der Waals surface area contributed by atoms with Gasteiger partial charge in [0.15, 0.2) is 0 Å². The number of benzene rings is 2. The molecular weight excluding hydrogens is 303 g/mol. The first-order valence-corrected chi connectivity index (χ1v) is 6.43. The van der Waals surface area contributed by atoms with E-state index < -0.39 is 0 Å². The van der Waals surface area contributed by atoms with Crippen LogP contribution in [0.4, 0.5) is 0 Å². The predicted octanol–water partition coefficient (Wildman–Crippen LogP) is 1.96. The molecule has 0 amide bonds. The van der Waals surface area contributed by atoms with Crippen LogP contribution in [-0.2, 0) is 6.42 Å². The Morgan fingerprint density at radius 3 is 2.38 bits per heavy atom. The van der Waals surface area contributed by atoms with E-state index in [4.69, 9.17) is 11.5 Å². The third-order valence-corrected chi connectivity index (χ3v) is 4.01. The van der Waals surface area contributed by atoms with Gasteiger partial charge in [0, 0.05) is 12.1 Å². The summed E-state index contributed by atoms with van der Waals surface area (Å²) >= 11 is 0. The molecule has 4 N–H and O–H groups in total. The van der Waals surface area contributed by atoms with E-state index in [0.717, 1.165) is 12.1 Å². The Kier molecular flexibility index (Phi) is 4.04. The van der Waals surface area contributed by atoms with Gasteiger partial charge in [0.1, 0.15) is 0 Å². The lowest BCUT2D eigenvalue weighted by atomic mass is 9.92. The minimum atomic E-state index is 0. The second-order valence-corrected chi connectivity index (χ2v) is 5.12. The summed E-state index contributed by atoms with van der Waals surface area (Å²) in [5.74, 6) is 0. The van der Waals surface area contributed by atoms with Gasteiger partial charge in [-0.15, -0.1) is 24.8 Å². The van der Waals surface area contributed by atoms with Gasteiger partial charge in [-0.2, -0.15) is 0 Å². The lowest BCUT2D eigenvalue weighted by Crippen LogP contribution is -2.23. The average molecular weight is 319 g/mol. The van der Waals surface area contributed by atoms with Crippen molar-refractivity contribution in [3.8, 4) is 0 Å². The number of rotatable bonds is 0. The van der Waals surface area contributed by atoms with Crippen LogP contribution in [0.3, 0.4) is 0 Å². The molecule has 2 nitrogen and oxygen atoms in total. The topological polar surface area (TPSA) is 52.0 Å². The Labute approximate surface area is 135 Å². The van der Waals surface area contributed by atoms with Crippen molar-refractivity contribution in [1.29, 1.82) is 0 Å². The van der Waals surface area contributed by atoms with Crippen LogP contribution in [0.25, 0.3) is 29.0 Å². The van der Waals surface area contributed by atoms with Gasteiger partial charge in [-0.25, -0.2) is 0 Å². The lowest BCUT2D eigenvalue weighted by molar-refractivity contribution is 1.06. The Bertz CT molecular complexity index is 909. The highest BCUT2D eigenvalue weighted by molar-refractivity contribution is 5.96. The van der Waals surface area contributed by atoms with Crippen molar-refractivity contribution in [2.24, 2.45) is 11.5 Å². The Morgan fingerprint density at radius 1 is 0.857 bits per heavy atom. The zero-order valence-electron chi connectivity index (χ0n) is 11.3. The van der Waals surface area contributed by atoms with E-state index >= 15 is 0 Å². The summed E-state index contributed by atoms with van der Waals surface area (Å²) in [6.45, 7) is 0. The van der Waals surface area contributed by atoms with Crippen molar-refractivity contribution < 1.29 is 0 Å².